The molecule has 3 N–H and O–H groups in total. The SMILES string of the molecule is N[C@H](c1ccc2ccccc2c1)C1(O)CCCCCC1. The highest BCUT2D eigenvalue weighted by Crippen LogP contribution is 2.36. The van der Waals surface area contributed by atoms with Crippen molar-refractivity contribution in [3.8, 4) is 0 Å². The van der Waals surface area contributed by atoms with Crippen LogP contribution < -0.4 is 5.73 Å². The molecule has 1 atom stereocenters. The number of rotatable bonds is 2. The molecule has 1 aliphatic rings. The second-order valence-corrected chi connectivity index (χ2v) is 6.10. The van der Waals surface area contributed by atoms with Crippen LogP contribution in [0, 0.1) is 0 Å². The summed E-state index contributed by atoms with van der Waals surface area (Å²) in [6.45, 7) is 0. The molecule has 3 rings (SSSR count). The van der Waals surface area contributed by atoms with Gasteiger partial charge in [-0.3, -0.25) is 0 Å². The maximum Gasteiger partial charge on any atom is 0.0839 e. The largest absolute Gasteiger partial charge is 0.388 e. The molecule has 0 radical (unpaired) electrons. The van der Waals surface area contributed by atoms with Crippen molar-refractivity contribution >= 4 is 10.8 Å². The van der Waals surface area contributed by atoms with Gasteiger partial charge in [-0.1, -0.05) is 62.1 Å². The highest BCUT2D eigenvalue weighted by Gasteiger charge is 2.35. The van der Waals surface area contributed by atoms with Gasteiger partial charge in [0.15, 0.2) is 0 Å². The van der Waals surface area contributed by atoms with E-state index in [1.54, 1.807) is 0 Å². The third kappa shape index (κ3) is 2.58. The van der Waals surface area contributed by atoms with E-state index in [1.807, 2.05) is 12.1 Å². The number of fused-ring (bicyclic) bond motifs is 1. The lowest BCUT2D eigenvalue weighted by molar-refractivity contribution is -0.00118. The summed E-state index contributed by atoms with van der Waals surface area (Å²) in [5.41, 5.74) is 6.73. The summed E-state index contributed by atoms with van der Waals surface area (Å²) in [7, 11) is 0. The van der Waals surface area contributed by atoms with Gasteiger partial charge in [-0.25, -0.2) is 0 Å². The van der Waals surface area contributed by atoms with Crippen LogP contribution in [-0.2, 0) is 0 Å². The summed E-state index contributed by atoms with van der Waals surface area (Å²) in [5, 5.41) is 13.3. The summed E-state index contributed by atoms with van der Waals surface area (Å²) in [6.07, 6.45) is 6.23. The first kappa shape index (κ1) is 13.6. The molecule has 0 unspecified atom stereocenters. The van der Waals surface area contributed by atoms with Gasteiger partial charge in [-0.2, -0.15) is 0 Å². The van der Waals surface area contributed by atoms with Gasteiger partial charge < -0.3 is 10.8 Å². The summed E-state index contributed by atoms with van der Waals surface area (Å²) >= 11 is 0. The molecule has 1 aliphatic carbocycles. The fraction of sp³-hybridized carbons (Fsp3) is 0.444. The van der Waals surface area contributed by atoms with Gasteiger partial charge in [0, 0.05) is 0 Å². The molecule has 2 nitrogen and oxygen atoms in total. The van der Waals surface area contributed by atoms with Crippen LogP contribution in [0.25, 0.3) is 10.8 Å². The van der Waals surface area contributed by atoms with Gasteiger partial charge in [-0.05, 0) is 35.2 Å². The quantitative estimate of drug-likeness (QED) is 0.812. The monoisotopic (exact) mass is 269 g/mol. The Morgan fingerprint density at radius 2 is 1.55 bits per heavy atom. The van der Waals surface area contributed by atoms with Crippen molar-refractivity contribution in [3.63, 3.8) is 0 Å². The van der Waals surface area contributed by atoms with Crippen LogP contribution in [0.1, 0.15) is 50.1 Å². The van der Waals surface area contributed by atoms with Crippen molar-refractivity contribution in [1.82, 2.24) is 0 Å². The fourth-order valence-corrected chi connectivity index (χ4v) is 3.36. The molecule has 2 heteroatoms. The van der Waals surface area contributed by atoms with Gasteiger partial charge in [0.2, 0.25) is 0 Å². The minimum Gasteiger partial charge on any atom is -0.388 e. The topological polar surface area (TPSA) is 46.2 Å². The minimum atomic E-state index is -0.737. The van der Waals surface area contributed by atoms with E-state index in [0.29, 0.717) is 0 Å². The first-order valence-corrected chi connectivity index (χ1v) is 7.66. The van der Waals surface area contributed by atoms with E-state index in [2.05, 4.69) is 30.3 Å². The number of nitrogens with two attached hydrogens (primary N) is 1. The molecule has 20 heavy (non-hydrogen) atoms. The lowest BCUT2D eigenvalue weighted by atomic mass is 9.82. The predicted molar refractivity (Wildman–Crippen MR) is 83.5 cm³/mol. The van der Waals surface area contributed by atoms with Crippen LogP contribution in [0.2, 0.25) is 0 Å². The van der Waals surface area contributed by atoms with E-state index in [4.69, 9.17) is 5.73 Å². The Bertz CT molecular complexity index is 585. The van der Waals surface area contributed by atoms with Crippen molar-refractivity contribution in [2.45, 2.75) is 50.2 Å². The summed E-state index contributed by atoms with van der Waals surface area (Å²) in [4.78, 5) is 0. The van der Waals surface area contributed by atoms with Gasteiger partial charge in [-0.15, -0.1) is 0 Å². The Labute approximate surface area is 120 Å². The maximum atomic E-state index is 10.9. The molecule has 0 aromatic heterocycles. The molecule has 0 bridgehead atoms. The highest BCUT2D eigenvalue weighted by molar-refractivity contribution is 5.83. The van der Waals surface area contributed by atoms with Crippen LogP contribution >= 0.6 is 0 Å². The van der Waals surface area contributed by atoms with Crippen LogP contribution in [0.4, 0.5) is 0 Å². The molecule has 106 valence electrons. The second kappa shape index (κ2) is 5.55. The molecule has 0 spiro atoms. The van der Waals surface area contributed by atoms with E-state index in [1.165, 1.54) is 23.6 Å². The van der Waals surface area contributed by atoms with E-state index >= 15 is 0 Å². The van der Waals surface area contributed by atoms with E-state index in [9.17, 15) is 5.11 Å². The van der Waals surface area contributed by atoms with E-state index in [-0.39, 0.29) is 6.04 Å². The third-order valence-corrected chi connectivity index (χ3v) is 4.68. The standard InChI is InChI=1S/C18H23NO/c19-17(18(20)11-5-1-2-6-12-18)16-10-9-14-7-3-4-8-15(14)13-16/h3-4,7-10,13,17,20H,1-2,5-6,11-12,19H2/t17-/m1/s1. The molecule has 2 aromatic rings. The lowest BCUT2D eigenvalue weighted by Crippen LogP contribution is -2.40. The zero-order chi connectivity index (χ0) is 14.0. The number of aliphatic hydroxyl groups is 1. The minimum absolute atomic E-state index is 0.287. The molecule has 0 amide bonds. The molecule has 0 heterocycles. The van der Waals surface area contributed by atoms with Gasteiger partial charge >= 0.3 is 0 Å². The molecule has 2 aromatic carbocycles. The van der Waals surface area contributed by atoms with Crippen LogP contribution in [0.3, 0.4) is 0 Å². The first-order valence-electron chi connectivity index (χ1n) is 7.66. The normalized spacial score (nSPS) is 20.5. The van der Waals surface area contributed by atoms with Crippen LogP contribution in [0.15, 0.2) is 42.5 Å². The number of hydrogen-bond donors (Lipinski definition) is 2. The summed E-state index contributed by atoms with van der Waals surface area (Å²) in [6, 6.07) is 14.3. The van der Waals surface area contributed by atoms with Crippen molar-refractivity contribution in [3.05, 3.63) is 48.0 Å². The average molecular weight is 269 g/mol. The smallest absolute Gasteiger partial charge is 0.0839 e. The molecule has 1 fully saturated rings. The lowest BCUT2D eigenvalue weighted by Gasteiger charge is -2.33. The van der Waals surface area contributed by atoms with Crippen LogP contribution in [0.5, 0.6) is 0 Å². The van der Waals surface area contributed by atoms with Crippen molar-refractivity contribution in [2.24, 2.45) is 5.73 Å². The summed E-state index contributed by atoms with van der Waals surface area (Å²) in [5.74, 6) is 0. The van der Waals surface area contributed by atoms with E-state index in [0.717, 1.165) is 31.2 Å². The van der Waals surface area contributed by atoms with Crippen molar-refractivity contribution in [1.29, 1.82) is 0 Å². The number of benzene rings is 2. The van der Waals surface area contributed by atoms with Crippen LogP contribution in [-0.4, -0.2) is 10.7 Å². The van der Waals surface area contributed by atoms with Crippen molar-refractivity contribution < 1.29 is 5.11 Å². The predicted octanol–water partition coefficient (Wildman–Crippen LogP) is 3.92. The summed E-state index contributed by atoms with van der Waals surface area (Å²) < 4.78 is 0. The fourth-order valence-electron chi connectivity index (χ4n) is 3.36. The average Bonchev–Trinajstić information content (AvgIpc) is 2.72. The molecular weight excluding hydrogens is 246 g/mol. The highest BCUT2D eigenvalue weighted by atomic mass is 16.3. The maximum absolute atomic E-state index is 10.9. The van der Waals surface area contributed by atoms with Crippen molar-refractivity contribution in [2.75, 3.05) is 0 Å². The Morgan fingerprint density at radius 1 is 0.900 bits per heavy atom. The molecular formula is C18H23NO. The van der Waals surface area contributed by atoms with Gasteiger partial charge in [0.25, 0.3) is 0 Å². The molecule has 0 saturated heterocycles. The third-order valence-electron chi connectivity index (χ3n) is 4.68. The Hall–Kier alpha value is -1.38. The van der Waals surface area contributed by atoms with Gasteiger partial charge in [0.1, 0.15) is 0 Å². The Morgan fingerprint density at radius 3 is 2.25 bits per heavy atom. The Kier molecular flexibility index (Phi) is 3.77. The number of hydrogen-bond acceptors (Lipinski definition) is 2. The van der Waals surface area contributed by atoms with E-state index < -0.39 is 5.60 Å². The first-order chi connectivity index (χ1) is 9.69. The Balaban J connectivity index is 1.92. The zero-order valence-corrected chi connectivity index (χ0v) is 11.9. The molecule has 1 saturated carbocycles. The molecule has 0 aliphatic heterocycles. The second-order valence-electron chi connectivity index (χ2n) is 6.10. The van der Waals surface area contributed by atoms with Gasteiger partial charge in [0.05, 0.1) is 11.6 Å². The zero-order valence-electron chi connectivity index (χ0n) is 11.9.